The van der Waals surface area contributed by atoms with Crippen molar-refractivity contribution < 1.29 is 28.6 Å². The number of aliphatic hydroxyl groups is 1. The number of primary amides is 1. The minimum absolute atomic E-state index is 0.111. The fraction of sp³-hybridized carbons (Fsp3) is 0.350. The molecule has 1 aromatic heterocycles. The van der Waals surface area contributed by atoms with Gasteiger partial charge in [-0.25, -0.2) is 4.39 Å². The number of hydrogen-bond donors (Lipinski definition) is 3. The van der Waals surface area contributed by atoms with Gasteiger partial charge in [-0.15, -0.1) is 0 Å². The zero-order valence-electron chi connectivity index (χ0n) is 16.2. The number of aromatic nitrogens is 1. The van der Waals surface area contributed by atoms with Gasteiger partial charge in [0.25, 0.3) is 11.8 Å². The normalized spacial score (nSPS) is 17.8. The third kappa shape index (κ3) is 6.23. The van der Waals surface area contributed by atoms with E-state index in [9.17, 15) is 14.0 Å². The van der Waals surface area contributed by atoms with E-state index in [1.165, 1.54) is 31.5 Å². The van der Waals surface area contributed by atoms with E-state index >= 15 is 0 Å². The van der Waals surface area contributed by atoms with Crippen LogP contribution in [0.5, 0.6) is 5.75 Å². The Labute approximate surface area is 167 Å². The fourth-order valence-corrected chi connectivity index (χ4v) is 2.74. The van der Waals surface area contributed by atoms with Crippen molar-refractivity contribution in [3.63, 3.8) is 0 Å². The van der Waals surface area contributed by atoms with Crippen LogP contribution in [0.25, 0.3) is 0 Å². The Morgan fingerprint density at radius 2 is 2.14 bits per heavy atom. The molecular weight excluding hydrogens is 381 g/mol. The first kappa shape index (κ1) is 22.3. The van der Waals surface area contributed by atoms with Gasteiger partial charge in [-0.3, -0.25) is 14.6 Å². The van der Waals surface area contributed by atoms with Crippen LogP contribution in [0.2, 0.25) is 0 Å². The number of aliphatic hydroxyl groups excluding tert-OH is 1. The van der Waals surface area contributed by atoms with Crippen LogP contribution in [0.1, 0.15) is 35.8 Å². The molecule has 1 saturated heterocycles. The molecule has 0 bridgehead atoms. The van der Waals surface area contributed by atoms with Crippen LogP contribution in [-0.2, 0) is 16.1 Å². The van der Waals surface area contributed by atoms with E-state index in [-0.39, 0.29) is 29.9 Å². The average molecular weight is 405 g/mol. The second-order valence-electron chi connectivity index (χ2n) is 6.37. The molecule has 1 aliphatic rings. The summed E-state index contributed by atoms with van der Waals surface area (Å²) < 4.78 is 23.1. The van der Waals surface area contributed by atoms with E-state index < -0.39 is 17.8 Å². The topological polar surface area (TPSA) is 124 Å². The molecule has 1 fully saturated rings. The molecule has 2 atom stereocenters. The summed E-state index contributed by atoms with van der Waals surface area (Å²) in [5.41, 5.74) is 5.93. The van der Waals surface area contributed by atoms with Crippen LogP contribution < -0.4 is 15.8 Å². The first-order valence-electron chi connectivity index (χ1n) is 9.00. The second kappa shape index (κ2) is 10.5. The van der Waals surface area contributed by atoms with Gasteiger partial charge in [0, 0.05) is 11.9 Å². The summed E-state index contributed by atoms with van der Waals surface area (Å²) in [7, 11) is 1.44. The van der Waals surface area contributed by atoms with Gasteiger partial charge in [-0.05, 0) is 44.0 Å². The molecule has 0 aliphatic carbocycles. The van der Waals surface area contributed by atoms with Gasteiger partial charge < -0.3 is 25.6 Å². The number of rotatable bonds is 5. The maximum Gasteiger partial charge on any atom is 0.267 e. The molecule has 4 N–H and O–H groups in total. The zero-order valence-corrected chi connectivity index (χ0v) is 16.2. The van der Waals surface area contributed by atoms with Crippen LogP contribution in [0.3, 0.4) is 0 Å². The van der Waals surface area contributed by atoms with Crippen LogP contribution in [-0.4, -0.2) is 41.2 Å². The molecule has 29 heavy (non-hydrogen) atoms. The molecule has 3 rings (SSSR count). The predicted octanol–water partition coefficient (Wildman–Crippen LogP) is 2.01. The number of nitrogens with two attached hydrogens (primary N) is 1. The fourth-order valence-electron chi connectivity index (χ4n) is 2.74. The van der Waals surface area contributed by atoms with Crippen molar-refractivity contribution in [2.45, 2.75) is 38.6 Å². The van der Waals surface area contributed by atoms with Crippen molar-refractivity contribution in [1.82, 2.24) is 4.98 Å². The first-order valence-corrected chi connectivity index (χ1v) is 9.00. The third-order valence-electron chi connectivity index (χ3n) is 4.26. The molecule has 0 saturated carbocycles. The summed E-state index contributed by atoms with van der Waals surface area (Å²) in [4.78, 5) is 26.6. The number of nitrogens with zero attached hydrogens (tertiary/aromatic N) is 1. The average Bonchev–Trinajstić information content (AvgIpc) is 3.15. The number of hydrogen-bond acceptors (Lipinski definition) is 6. The molecule has 9 heteroatoms. The monoisotopic (exact) mass is 405 g/mol. The summed E-state index contributed by atoms with van der Waals surface area (Å²) in [6.45, 7) is 1.60. The zero-order chi connectivity index (χ0) is 21.4. The maximum absolute atomic E-state index is 12.8. The lowest BCUT2D eigenvalue weighted by atomic mass is 10.2. The lowest BCUT2D eigenvalue weighted by Crippen LogP contribution is -2.28. The molecule has 2 amide bonds. The first-order chi connectivity index (χ1) is 13.8. The summed E-state index contributed by atoms with van der Waals surface area (Å²) >= 11 is 0. The molecular formula is C20H24FN3O5. The highest BCUT2D eigenvalue weighted by Gasteiger charge is 2.28. The molecule has 2 unspecified atom stereocenters. The Bertz CT molecular complexity index is 862. The number of carbonyl (C=O) groups excluding carboxylic acids is 2. The van der Waals surface area contributed by atoms with E-state index in [1.807, 2.05) is 6.92 Å². The lowest BCUT2D eigenvalue weighted by molar-refractivity contribution is -0.126. The van der Waals surface area contributed by atoms with Crippen molar-refractivity contribution in [1.29, 1.82) is 0 Å². The van der Waals surface area contributed by atoms with Gasteiger partial charge >= 0.3 is 0 Å². The number of ether oxygens (including phenoxy) is 2. The van der Waals surface area contributed by atoms with Gasteiger partial charge in [0.2, 0.25) is 0 Å². The standard InChI is InChI=1S/C12H15N3O3.C8H9FO2/c1-7-2-3-10(18-7)12(17)15-8-4-5-14-9(6-8)11(13)16;1-11-8-4-2-3-7(9)6(8)5-10/h4-7,10H,2-3H2,1H3,(H2,13,16)(H,14,15,17);2-4,10H,5H2,1H3. The molecule has 8 nitrogen and oxygen atoms in total. The summed E-state index contributed by atoms with van der Waals surface area (Å²) in [6, 6.07) is 7.47. The van der Waals surface area contributed by atoms with Crippen molar-refractivity contribution in [3.8, 4) is 5.75 Å². The van der Waals surface area contributed by atoms with Crippen LogP contribution in [0, 0.1) is 5.82 Å². The summed E-state index contributed by atoms with van der Waals surface area (Å²) in [5.74, 6) is -0.892. The minimum atomic E-state index is -0.628. The summed E-state index contributed by atoms with van der Waals surface area (Å²) in [5, 5.41) is 11.4. The Balaban J connectivity index is 0.000000234. The van der Waals surface area contributed by atoms with Crippen LogP contribution >= 0.6 is 0 Å². The van der Waals surface area contributed by atoms with Crippen molar-refractivity contribution in [2.75, 3.05) is 12.4 Å². The molecule has 1 aromatic carbocycles. The van der Waals surface area contributed by atoms with E-state index in [0.29, 0.717) is 17.9 Å². The van der Waals surface area contributed by atoms with Gasteiger partial charge in [0.15, 0.2) is 0 Å². The highest BCUT2D eigenvalue weighted by atomic mass is 19.1. The second-order valence-corrected chi connectivity index (χ2v) is 6.37. The summed E-state index contributed by atoms with van der Waals surface area (Å²) in [6.07, 6.45) is 2.69. The number of carbonyl (C=O) groups is 2. The van der Waals surface area contributed by atoms with Gasteiger partial charge in [-0.2, -0.15) is 0 Å². The van der Waals surface area contributed by atoms with Crippen molar-refractivity contribution >= 4 is 17.5 Å². The minimum Gasteiger partial charge on any atom is -0.496 e. The third-order valence-corrected chi connectivity index (χ3v) is 4.26. The highest BCUT2D eigenvalue weighted by Crippen LogP contribution is 2.21. The van der Waals surface area contributed by atoms with E-state index in [0.717, 1.165) is 6.42 Å². The quantitative estimate of drug-likeness (QED) is 0.699. The molecule has 1 aliphatic heterocycles. The van der Waals surface area contributed by atoms with Crippen molar-refractivity contribution in [3.05, 3.63) is 53.6 Å². The number of amides is 2. The number of halogens is 1. The Morgan fingerprint density at radius 3 is 2.69 bits per heavy atom. The molecule has 0 spiro atoms. The molecule has 2 heterocycles. The SMILES string of the molecule is CC1CCC(C(=O)Nc2ccnc(C(N)=O)c2)O1.COc1cccc(F)c1CO. The van der Waals surface area contributed by atoms with Crippen molar-refractivity contribution in [2.24, 2.45) is 5.73 Å². The smallest absolute Gasteiger partial charge is 0.267 e. The van der Waals surface area contributed by atoms with E-state index in [2.05, 4.69) is 10.3 Å². The highest BCUT2D eigenvalue weighted by molar-refractivity contribution is 5.96. The number of benzene rings is 1. The Kier molecular flexibility index (Phi) is 8.05. The van der Waals surface area contributed by atoms with Gasteiger partial charge in [0.05, 0.1) is 25.4 Å². The van der Waals surface area contributed by atoms with Crippen LogP contribution in [0.15, 0.2) is 36.5 Å². The number of anilines is 1. The van der Waals surface area contributed by atoms with Gasteiger partial charge in [-0.1, -0.05) is 6.07 Å². The predicted molar refractivity (Wildman–Crippen MR) is 104 cm³/mol. The maximum atomic E-state index is 12.8. The molecule has 2 aromatic rings. The number of methoxy groups -OCH3 is 1. The lowest BCUT2D eigenvalue weighted by Gasteiger charge is -2.11. The largest absolute Gasteiger partial charge is 0.496 e. The van der Waals surface area contributed by atoms with Crippen LogP contribution in [0.4, 0.5) is 10.1 Å². The Morgan fingerprint density at radius 1 is 1.38 bits per heavy atom. The molecule has 0 radical (unpaired) electrons. The number of pyridine rings is 1. The van der Waals surface area contributed by atoms with Gasteiger partial charge in [0.1, 0.15) is 23.4 Å². The van der Waals surface area contributed by atoms with E-state index in [4.69, 9.17) is 20.3 Å². The van der Waals surface area contributed by atoms with E-state index in [1.54, 1.807) is 12.1 Å². The molecule has 156 valence electrons. The number of nitrogens with one attached hydrogen (secondary N) is 1. The Hall–Kier alpha value is -3.04.